The van der Waals surface area contributed by atoms with Crippen LogP contribution in [0.15, 0.2) is 34.2 Å². The fourth-order valence-electron chi connectivity index (χ4n) is 2.08. The summed E-state index contributed by atoms with van der Waals surface area (Å²) in [6, 6.07) is 5.71. The highest BCUT2D eigenvalue weighted by atomic mass is 79.9. The summed E-state index contributed by atoms with van der Waals surface area (Å²) < 4.78 is 8.35. The zero-order chi connectivity index (χ0) is 14.1. The maximum atomic E-state index is 11.4. The maximum Gasteiger partial charge on any atom is 0.194 e. The molecule has 0 fully saturated rings. The Morgan fingerprint density at radius 1 is 1.50 bits per heavy atom. The Balaban J connectivity index is 2.26. The zero-order valence-electron chi connectivity index (χ0n) is 10.7. The van der Waals surface area contributed by atoms with Crippen molar-refractivity contribution in [2.75, 3.05) is 6.61 Å². The molecular formula is C14H11BrN2O2S. The second-order valence-electron chi connectivity index (χ2n) is 4.09. The van der Waals surface area contributed by atoms with Crippen molar-refractivity contribution in [1.29, 1.82) is 0 Å². The number of aromatic nitrogens is 2. The van der Waals surface area contributed by atoms with Gasteiger partial charge in [-0.25, -0.2) is 4.98 Å². The monoisotopic (exact) mass is 350 g/mol. The van der Waals surface area contributed by atoms with E-state index in [9.17, 15) is 4.79 Å². The largest absolute Gasteiger partial charge is 0.493 e. The lowest BCUT2D eigenvalue weighted by Gasteiger charge is -2.09. The predicted molar refractivity (Wildman–Crippen MR) is 82.8 cm³/mol. The highest BCUT2D eigenvalue weighted by Gasteiger charge is 2.18. The molecule has 0 saturated carbocycles. The minimum Gasteiger partial charge on any atom is -0.493 e. The molecule has 0 spiro atoms. The van der Waals surface area contributed by atoms with Crippen molar-refractivity contribution in [3.63, 3.8) is 0 Å². The summed E-state index contributed by atoms with van der Waals surface area (Å²) in [4.78, 5) is 16.8. The van der Waals surface area contributed by atoms with Gasteiger partial charge in [-0.15, -0.1) is 11.3 Å². The fourth-order valence-corrected chi connectivity index (χ4v) is 3.16. The molecule has 1 aromatic carbocycles. The highest BCUT2D eigenvalue weighted by molar-refractivity contribution is 9.10. The Bertz CT molecular complexity index is 779. The van der Waals surface area contributed by atoms with Crippen LogP contribution in [0.3, 0.4) is 0 Å². The Morgan fingerprint density at radius 2 is 2.35 bits per heavy atom. The van der Waals surface area contributed by atoms with Crippen molar-refractivity contribution < 1.29 is 9.53 Å². The summed E-state index contributed by atoms with van der Waals surface area (Å²) in [6.45, 7) is 2.49. The lowest BCUT2D eigenvalue weighted by atomic mass is 10.1. The first-order valence-corrected chi connectivity index (χ1v) is 7.75. The number of hydrogen-bond acceptors (Lipinski definition) is 4. The van der Waals surface area contributed by atoms with E-state index < -0.39 is 0 Å². The van der Waals surface area contributed by atoms with Crippen LogP contribution in [0, 0.1) is 0 Å². The van der Waals surface area contributed by atoms with Gasteiger partial charge < -0.3 is 4.74 Å². The van der Waals surface area contributed by atoms with Crippen molar-refractivity contribution in [3.8, 4) is 17.0 Å². The van der Waals surface area contributed by atoms with Gasteiger partial charge in [0.15, 0.2) is 11.2 Å². The predicted octanol–water partition coefficient (Wildman–Crippen LogP) is 4.04. The molecule has 0 N–H and O–H groups in total. The maximum absolute atomic E-state index is 11.4. The van der Waals surface area contributed by atoms with Gasteiger partial charge in [-0.3, -0.25) is 9.20 Å². The second kappa shape index (κ2) is 5.38. The number of halogens is 1. The number of rotatable bonds is 4. The number of carbonyl (C=O) groups excluding carboxylic acids is 1. The molecule has 0 amide bonds. The van der Waals surface area contributed by atoms with Crippen LogP contribution in [0.2, 0.25) is 0 Å². The van der Waals surface area contributed by atoms with Gasteiger partial charge in [0.1, 0.15) is 17.1 Å². The Morgan fingerprint density at radius 3 is 3.10 bits per heavy atom. The van der Waals surface area contributed by atoms with Gasteiger partial charge in [0, 0.05) is 21.6 Å². The fraction of sp³-hybridized carbons (Fsp3) is 0.143. The van der Waals surface area contributed by atoms with E-state index in [0.717, 1.165) is 27.0 Å². The summed E-state index contributed by atoms with van der Waals surface area (Å²) in [5.74, 6) is 0.726. The minimum absolute atomic E-state index is 0.542. The molecule has 3 aromatic rings. The molecule has 0 radical (unpaired) electrons. The molecular weight excluding hydrogens is 340 g/mol. The molecule has 20 heavy (non-hydrogen) atoms. The Kier molecular flexibility index (Phi) is 3.58. The molecule has 2 heterocycles. The Labute approximate surface area is 128 Å². The molecule has 6 heteroatoms. The van der Waals surface area contributed by atoms with Crippen molar-refractivity contribution in [2.45, 2.75) is 6.92 Å². The van der Waals surface area contributed by atoms with E-state index in [4.69, 9.17) is 4.74 Å². The number of nitrogens with zero attached hydrogens (tertiary/aromatic N) is 2. The molecule has 102 valence electrons. The molecule has 3 rings (SSSR count). The van der Waals surface area contributed by atoms with Gasteiger partial charge in [-0.2, -0.15) is 0 Å². The zero-order valence-corrected chi connectivity index (χ0v) is 13.1. The summed E-state index contributed by atoms with van der Waals surface area (Å²) in [7, 11) is 0. The lowest BCUT2D eigenvalue weighted by Crippen LogP contribution is -1.96. The van der Waals surface area contributed by atoms with E-state index in [1.54, 1.807) is 4.40 Å². The topological polar surface area (TPSA) is 43.6 Å². The number of fused-ring (bicyclic) bond motifs is 1. The first-order valence-electron chi connectivity index (χ1n) is 6.08. The second-order valence-corrected chi connectivity index (χ2v) is 5.88. The van der Waals surface area contributed by atoms with Crippen LogP contribution in [-0.2, 0) is 0 Å². The number of ether oxygens (including phenoxy) is 1. The van der Waals surface area contributed by atoms with E-state index in [1.807, 2.05) is 36.7 Å². The number of carbonyl (C=O) groups is 1. The average Bonchev–Trinajstić information content (AvgIpc) is 3.01. The molecule has 0 bridgehead atoms. The molecule has 0 aliphatic rings. The lowest BCUT2D eigenvalue weighted by molar-refractivity contribution is 0.111. The smallest absolute Gasteiger partial charge is 0.194 e. The molecule has 0 aliphatic carbocycles. The van der Waals surface area contributed by atoms with Crippen molar-refractivity contribution >= 4 is 38.5 Å². The first-order chi connectivity index (χ1) is 9.74. The van der Waals surface area contributed by atoms with E-state index in [2.05, 4.69) is 20.9 Å². The number of imidazole rings is 1. The third-order valence-corrected chi connectivity index (χ3v) is 4.16. The summed E-state index contributed by atoms with van der Waals surface area (Å²) in [6.07, 6.45) is 2.68. The van der Waals surface area contributed by atoms with Crippen LogP contribution in [0.4, 0.5) is 0 Å². The van der Waals surface area contributed by atoms with E-state index in [1.165, 1.54) is 11.3 Å². The van der Waals surface area contributed by atoms with Crippen LogP contribution in [0.1, 0.15) is 17.4 Å². The van der Waals surface area contributed by atoms with Crippen molar-refractivity contribution in [3.05, 3.63) is 39.9 Å². The van der Waals surface area contributed by atoms with Gasteiger partial charge in [-0.05, 0) is 25.1 Å². The third kappa shape index (κ3) is 2.14. The number of hydrogen-bond donors (Lipinski definition) is 0. The van der Waals surface area contributed by atoms with E-state index in [0.29, 0.717) is 18.0 Å². The Hall–Kier alpha value is -1.66. The molecule has 0 saturated heterocycles. The molecule has 4 nitrogen and oxygen atoms in total. The molecule has 0 atom stereocenters. The van der Waals surface area contributed by atoms with Gasteiger partial charge in [0.05, 0.1) is 6.61 Å². The SMILES string of the molecule is CCOc1ccc(Br)cc1-c1nc2sccn2c1C=O. The number of aldehydes is 1. The minimum atomic E-state index is 0.542. The van der Waals surface area contributed by atoms with Crippen LogP contribution < -0.4 is 4.74 Å². The first kappa shape index (κ1) is 13.3. The molecule has 0 aliphatic heterocycles. The third-order valence-electron chi connectivity index (χ3n) is 2.91. The van der Waals surface area contributed by atoms with Crippen LogP contribution in [0.5, 0.6) is 5.75 Å². The van der Waals surface area contributed by atoms with Gasteiger partial charge >= 0.3 is 0 Å². The molecule has 0 unspecified atom stereocenters. The van der Waals surface area contributed by atoms with Gasteiger partial charge in [0.25, 0.3) is 0 Å². The molecule has 2 aromatic heterocycles. The van der Waals surface area contributed by atoms with E-state index >= 15 is 0 Å². The van der Waals surface area contributed by atoms with Crippen LogP contribution in [-0.4, -0.2) is 22.3 Å². The van der Waals surface area contributed by atoms with Crippen molar-refractivity contribution in [2.24, 2.45) is 0 Å². The number of benzene rings is 1. The normalized spacial score (nSPS) is 10.9. The van der Waals surface area contributed by atoms with Crippen LogP contribution in [0.25, 0.3) is 16.2 Å². The highest BCUT2D eigenvalue weighted by Crippen LogP contribution is 2.35. The standard InChI is InChI=1S/C14H11BrN2O2S/c1-2-19-12-4-3-9(15)7-10(12)13-11(8-18)17-5-6-20-14(17)16-13/h3-8H,2H2,1H3. The quantitative estimate of drug-likeness (QED) is 0.667. The van der Waals surface area contributed by atoms with Gasteiger partial charge in [0.2, 0.25) is 0 Å². The number of thiazole rings is 1. The summed E-state index contributed by atoms with van der Waals surface area (Å²) >= 11 is 4.95. The van der Waals surface area contributed by atoms with Gasteiger partial charge in [-0.1, -0.05) is 15.9 Å². The average molecular weight is 351 g/mol. The summed E-state index contributed by atoms with van der Waals surface area (Å²) in [5, 5.41) is 1.91. The van der Waals surface area contributed by atoms with E-state index in [-0.39, 0.29) is 0 Å². The summed E-state index contributed by atoms with van der Waals surface area (Å²) in [5.41, 5.74) is 2.01. The van der Waals surface area contributed by atoms with Crippen molar-refractivity contribution in [1.82, 2.24) is 9.38 Å². The van der Waals surface area contributed by atoms with Crippen LogP contribution >= 0.6 is 27.3 Å².